The van der Waals surface area contributed by atoms with Gasteiger partial charge in [-0.05, 0) is 111 Å². The monoisotopic (exact) mass is 757 g/mol. The van der Waals surface area contributed by atoms with E-state index >= 15 is 0 Å². The molecule has 2 heteroatoms. The fraction of sp³-hybridized carbons (Fsp3) is 0.0357. The van der Waals surface area contributed by atoms with Crippen LogP contribution in [0.15, 0.2) is 218 Å². The van der Waals surface area contributed by atoms with E-state index in [4.69, 9.17) is 0 Å². The Morgan fingerprint density at radius 1 is 0.362 bits per heavy atom. The van der Waals surface area contributed by atoms with Gasteiger partial charge in [-0.3, -0.25) is 0 Å². The summed E-state index contributed by atoms with van der Waals surface area (Å²) in [7, 11) is 0. The lowest BCUT2D eigenvalue weighted by atomic mass is 9.73. The maximum absolute atomic E-state index is 2.43. The van der Waals surface area contributed by atoms with Crippen LogP contribution in [-0.2, 0) is 5.41 Å². The van der Waals surface area contributed by atoms with Crippen LogP contribution in [0.1, 0.15) is 23.6 Å². The first-order valence-electron chi connectivity index (χ1n) is 20.0. The Balaban J connectivity index is 1.05. The highest BCUT2D eigenvalue weighted by Gasteiger charge is 2.41. The first-order chi connectivity index (χ1) is 28.6. The molecule has 1 aliphatic rings. The van der Waals surface area contributed by atoms with Crippen LogP contribution in [0.4, 0.5) is 17.1 Å². The van der Waals surface area contributed by atoms with Gasteiger partial charge in [-0.1, -0.05) is 176 Å². The molecule has 0 radical (unpaired) electrons. The number of benzene rings is 9. The molecule has 0 aliphatic heterocycles. The second-order valence-electron chi connectivity index (χ2n) is 15.4. The fourth-order valence-electron chi connectivity index (χ4n) is 9.36. The second kappa shape index (κ2) is 13.9. The van der Waals surface area contributed by atoms with Crippen LogP contribution in [0, 0.1) is 0 Å². The van der Waals surface area contributed by atoms with E-state index in [1.54, 1.807) is 0 Å². The molecule has 1 nitrogen and oxygen atoms in total. The lowest BCUT2D eigenvalue weighted by molar-refractivity contribution is 0.722. The molecule has 1 heterocycles. The molecule has 11 rings (SSSR count). The van der Waals surface area contributed by atoms with Gasteiger partial charge in [0.2, 0.25) is 0 Å². The Morgan fingerprint density at radius 2 is 0.828 bits per heavy atom. The maximum Gasteiger partial charge on any atom is 0.0467 e. The Kier molecular flexibility index (Phi) is 8.20. The third kappa shape index (κ3) is 5.52. The number of hydrogen-bond donors (Lipinski definition) is 0. The van der Waals surface area contributed by atoms with Gasteiger partial charge >= 0.3 is 0 Å². The van der Waals surface area contributed by atoms with Crippen molar-refractivity contribution in [3.8, 4) is 44.5 Å². The summed E-state index contributed by atoms with van der Waals surface area (Å²) in [6, 6.07) is 79.9. The van der Waals surface area contributed by atoms with Crippen LogP contribution in [0.25, 0.3) is 64.7 Å². The zero-order chi connectivity index (χ0) is 38.6. The van der Waals surface area contributed by atoms with Gasteiger partial charge in [0, 0.05) is 42.6 Å². The van der Waals surface area contributed by atoms with Gasteiger partial charge in [0.15, 0.2) is 0 Å². The van der Waals surface area contributed by atoms with E-state index in [2.05, 4.69) is 230 Å². The van der Waals surface area contributed by atoms with E-state index < -0.39 is 0 Å². The molecule has 0 saturated carbocycles. The van der Waals surface area contributed by atoms with Crippen molar-refractivity contribution in [2.45, 2.75) is 12.3 Å². The van der Waals surface area contributed by atoms with Gasteiger partial charge in [0.05, 0.1) is 0 Å². The van der Waals surface area contributed by atoms with Gasteiger partial charge in [0.1, 0.15) is 0 Å². The predicted octanol–water partition coefficient (Wildman–Crippen LogP) is 15.9. The molecule has 0 N–H and O–H groups in total. The van der Waals surface area contributed by atoms with Crippen LogP contribution in [0.5, 0.6) is 0 Å². The lowest BCUT2D eigenvalue weighted by Gasteiger charge is -2.29. The first kappa shape index (κ1) is 34.3. The molecule has 274 valence electrons. The van der Waals surface area contributed by atoms with Gasteiger partial charge in [-0.15, -0.1) is 11.3 Å². The molecule has 0 spiro atoms. The summed E-state index contributed by atoms with van der Waals surface area (Å²) in [4.78, 5) is 2.38. The molecule has 9 aromatic carbocycles. The van der Waals surface area contributed by atoms with Crippen LogP contribution < -0.4 is 4.90 Å². The fourth-order valence-corrected chi connectivity index (χ4v) is 10.6. The summed E-state index contributed by atoms with van der Waals surface area (Å²) in [5, 5.41) is 2.67. The van der Waals surface area contributed by atoms with Crippen molar-refractivity contribution in [1.29, 1.82) is 0 Å². The van der Waals surface area contributed by atoms with E-state index in [-0.39, 0.29) is 5.41 Å². The third-order valence-corrected chi connectivity index (χ3v) is 13.4. The van der Waals surface area contributed by atoms with Crippen LogP contribution in [-0.4, -0.2) is 0 Å². The van der Waals surface area contributed by atoms with E-state index in [0.29, 0.717) is 0 Å². The van der Waals surface area contributed by atoms with Crippen molar-refractivity contribution in [3.05, 3.63) is 235 Å². The average molecular weight is 758 g/mol. The highest BCUT2D eigenvalue weighted by Crippen LogP contribution is 2.55. The number of fused-ring (bicyclic) bond motifs is 6. The minimum atomic E-state index is -0.275. The Morgan fingerprint density at radius 3 is 1.43 bits per heavy atom. The van der Waals surface area contributed by atoms with Crippen LogP contribution in [0.2, 0.25) is 0 Å². The molecule has 1 aliphatic carbocycles. The van der Waals surface area contributed by atoms with Crippen molar-refractivity contribution in [3.63, 3.8) is 0 Å². The molecule has 0 unspecified atom stereocenters. The maximum atomic E-state index is 2.43. The molecule has 0 saturated heterocycles. The molecule has 0 bridgehead atoms. The molecule has 10 aromatic rings. The summed E-state index contributed by atoms with van der Waals surface area (Å²) in [6.07, 6.45) is 0. The van der Waals surface area contributed by atoms with Crippen LogP contribution in [0.3, 0.4) is 0 Å². The zero-order valence-electron chi connectivity index (χ0n) is 32.1. The summed E-state index contributed by atoms with van der Waals surface area (Å²) in [6.45, 7) is 2.43. The molecule has 1 aromatic heterocycles. The number of rotatable bonds is 7. The molecule has 0 atom stereocenters. The predicted molar refractivity (Wildman–Crippen MR) is 248 cm³/mol. The van der Waals surface area contributed by atoms with E-state index in [9.17, 15) is 0 Å². The first-order valence-corrected chi connectivity index (χ1v) is 20.8. The summed E-state index contributed by atoms with van der Waals surface area (Å²) >= 11 is 1.91. The second-order valence-corrected chi connectivity index (χ2v) is 16.4. The van der Waals surface area contributed by atoms with Crippen molar-refractivity contribution in [2.75, 3.05) is 4.90 Å². The van der Waals surface area contributed by atoms with Gasteiger partial charge in [-0.25, -0.2) is 0 Å². The number of hydrogen-bond acceptors (Lipinski definition) is 2. The van der Waals surface area contributed by atoms with Crippen LogP contribution >= 0.6 is 11.3 Å². The van der Waals surface area contributed by atoms with Crippen molar-refractivity contribution in [1.82, 2.24) is 0 Å². The van der Waals surface area contributed by atoms with Gasteiger partial charge in [-0.2, -0.15) is 0 Å². The van der Waals surface area contributed by atoms with Crippen molar-refractivity contribution in [2.24, 2.45) is 0 Å². The molecule has 0 amide bonds. The minimum Gasteiger partial charge on any atom is -0.310 e. The lowest BCUT2D eigenvalue weighted by Crippen LogP contribution is -2.22. The van der Waals surface area contributed by atoms with E-state index in [0.717, 1.165) is 17.1 Å². The highest BCUT2D eigenvalue weighted by atomic mass is 32.1. The van der Waals surface area contributed by atoms with Gasteiger partial charge in [0.25, 0.3) is 0 Å². The smallest absolute Gasteiger partial charge is 0.0467 e. The normalized spacial score (nSPS) is 12.7. The van der Waals surface area contributed by atoms with Crippen molar-refractivity contribution < 1.29 is 0 Å². The molecular weight excluding hydrogens is 719 g/mol. The summed E-state index contributed by atoms with van der Waals surface area (Å²) < 4.78 is 2.63. The van der Waals surface area contributed by atoms with Crippen molar-refractivity contribution >= 4 is 48.6 Å². The van der Waals surface area contributed by atoms with Gasteiger partial charge < -0.3 is 4.90 Å². The molecular formula is C56H39NS. The highest BCUT2D eigenvalue weighted by molar-refractivity contribution is 7.26. The molecule has 0 fully saturated rings. The van der Waals surface area contributed by atoms with E-state index in [1.807, 2.05) is 11.3 Å². The largest absolute Gasteiger partial charge is 0.310 e. The quantitative estimate of drug-likeness (QED) is 0.156. The Bertz CT molecular complexity index is 2980. The van der Waals surface area contributed by atoms with E-state index in [1.165, 1.54) is 81.4 Å². The summed E-state index contributed by atoms with van der Waals surface area (Å²) in [5.41, 5.74) is 17.1. The number of thiophene rings is 1. The third-order valence-electron chi connectivity index (χ3n) is 12.2. The standard InChI is InChI=1S/C56H39NS/c1-56(50-25-10-8-21-47(50)48-22-9-11-26-51(48)56)52-27-14-28-53-54(52)49-24-13-23-46(55(49)58-53)42-19-12-20-45(37-42)57(43-33-29-40(30-34-43)38-15-4-2-5-16-38)44-35-31-41(32-36-44)39-17-6-3-7-18-39/h2-37H,1H3. The number of anilines is 3. The topological polar surface area (TPSA) is 3.24 Å². The summed E-state index contributed by atoms with van der Waals surface area (Å²) in [5.74, 6) is 0. The number of nitrogens with zero attached hydrogens (tertiary/aromatic N) is 1. The average Bonchev–Trinajstić information content (AvgIpc) is 3.81. The minimum absolute atomic E-state index is 0.275. The Hall–Kier alpha value is -7.00. The zero-order valence-corrected chi connectivity index (χ0v) is 33.0. The Labute approximate surface area is 343 Å². The molecule has 58 heavy (non-hydrogen) atoms. The SMILES string of the molecule is CC1(c2cccc3sc4c(-c5cccc(N(c6ccc(-c7ccccc7)cc6)c6ccc(-c7ccccc7)cc6)c5)cccc4c23)c2ccccc2-c2ccccc21.